The van der Waals surface area contributed by atoms with Crippen LogP contribution in [-0.4, -0.2) is 69.1 Å². The summed E-state index contributed by atoms with van der Waals surface area (Å²) >= 11 is 0. The van der Waals surface area contributed by atoms with Crippen molar-refractivity contribution in [3.8, 4) is 23.1 Å². The van der Waals surface area contributed by atoms with Gasteiger partial charge in [-0.2, -0.15) is 10.2 Å². The van der Waals surface area contributed by atoms with Gasteiger partial charge in [-0.3, -0.25) is 4.79 Å². The smallest absolute Gasteiger partial charge is 0.478 e. The monoisotopic (exact) mass is 771 g/mol. The van der Waals surface area contributed by atoms with Crippen LogP contribution in [0, 0.1) is 13.8 Å². The van der Waals surface area contributed by atoms with E-state index in [4.69, 9.17) is 10.8 Å². The Morgan fingerprint density at radius 2 is 1.18 bits per heavy atom. The van der Waals surface area contributed by atoms with Crippen molar-refractivity contribution in [3.05, 3.63) is 132 Å². The van der Waals surface area contributed by atoms with E-state index in [1.54, 1.807) is 32.0 Å². The van der Waals surface area contributed by atoms with Crippen LogP contribution >= 0.6 is 0 Å². The summed E-state index contributed by atoms with van der Waals surface area (Å²) in [5.41, 5.74) is 8.87. The third-order valence-corrected chi connectivity index (χ3v) is 7.31. The summed E-state index contributed by atoms with van der Waals surface area (Å²) in [4.78, 5) is 38.5. The molecule has 0 aliphatic carbocycles. The Kier molecular flexibility index (Phi) is 13.7. The Bertz CT molecular complexity index is 2140. The fourth-order valence-corrected chi connectivity index (χ4v) is 4.62. The first-order chi connectivity index (χ1) is 26.0. The number of carboxylic acid groups (broad SMARTS) is 1. The first-order valence-electron chi connectivity index (χ1n) is 15.8. The Hall–Kier alpha value is -6.70. The summed E-state index contributed by atoms with van der Waals surface area (Å²) in [6, 6.07) is 14.5. The molecule has 4 heterocycles. The number of nitrogens with two attached hydrogens (primary N) is 1. The molecule has 4 aromatic heterocycles. The summed E-state index contributed by atoms with van der Waals surface area (Å²) in [6.45, 7) is 3.67. The van der Waals surface area contributed by atoms with E-state index < -0.39 is 18.7 Å². The molecule has 0 atom stereocenters. The number of nitrogens with zero attached hydrogens (tertiary/aromatic N) is 8. The van der Waals surface area contributed by atoms with E-state index in [0.29, 0.717) is 41.3 Å². The molecule has 0 amide bonds. The number of alkyl halides is 6. The standard InChI is InChI=1S/C18H15F3N4O2.C9H10F3NO.C8H6N4O2/c1-12-8-15(27-18(19,20)21)5-2-13(12)3-6-16(26)14-4-7-17(23-9-14)25-11-22-10-24-25;1-6-4-8(14-9(10,11)12)3-2-7(6)5-13;13-8(14)6-1-2-7(10-3-6)12-5-9-4-11-12/h2,4-5,7-11H,3,6H2,1H3;2-4H,5,13H2,1H3;1-5H,(H,13,14). The molecule has 0 bridgehead atoms. The van der Waals surface area contributed by atoms with Crippen LogP contribution in [0.3, 0.4) is 0 Å². The van der Waals surface area contributed by atoms with Gasteiger partial charge in [-0.05, 0) is 91.1 Å². The van der Waals surface area contributed by atoms with Crippen molar-refractivity contribution < 1.29 is 50.5 Å². The highest BCUT2D eigenvalue weighted by Gasteiger charge is 2.32. The number of aromatic nitrogens is 8. The Morgan fingerprint density at radius 1 is 0.709 bits per heavy atom. The highest BCUT2D eigenvalue weighted by Crippen LogP contribution is 2.26. The number of Topliss-reactive ketones (excluding diaryl/α,β-unsaturated/α-hetero) is 1. The predicted molar refractivity (Wildman–Crippen MR) is 182 cm³/mol. The lowest BCUT2D eigenvalue weighted by Gasteiger charge is -2.11. The molecule has 0 fully saturated rings. The van der Waals surface area contributed by atoms with E-state index in [1.165, 1.54) is 89.5 Å². The second-order valence-electron chi connectivity index (χ2n) is 11.2. The van der Waals surface area contributed by atoms with Gasteiger partial charge in [0.15, 0.2) is 17.4 Å². The molecule has 3 N–H and O–H groups in total. The molecular weight excluding hydrogens is 740 g/mol. The molecule has 2 aromatic carbocycles. The van der Waals surface area contributed by atoms with Gasteiger partial charge in [-0.25, -0.2) is 34.1 Å². The SMILES string of the molecule is Cc1cc(OC(F)(F)F)ccc1CCC(=O)c1ccc(-n2cncn2)nc1.Cc1cc(OC(F)(F)F)ccc1CN.O=C(O)c1ccc(-n2cncn2)nc1. The van der Waals surface area contributed by atoms with Crippen molar-refractivity contribution in [2.45, 2.75) is 46.0 Å². The van der Waals surface area contributed by atoms with Crippen molar-refractivity contribution in [1.82, 2.24) is 39.5 Å². The largest absolute Gasteiger partial charge is 0.573 e. The number of benzene rings is 2. The normalized spacial score (nSPS) is 11.1. The number of hydrogen-bond donors (Lipinski definition) is 2. The molecule has 0 radical (unpaired) electrons. The van der Waals surface area contributed by atoms with Gasteiger partial charge in [-0.1, -0.05) is 12.1 Å². The van der Waals surface area contributed by atoms with Crippen LogP contribution in [0.1, 0.15) is 49.4 Å². The maximum atomic E-state index is 12.3. The minimum atomic E-state index is -4.73. The number of carbonyl (C=O) groups is 2. The topological polar surface area (TPSA) is 186 Å². The molecule has 55 heavy (non-hydrogen) atoms. The number of hydrogen-bond acceptors (Lipinski definition) is 11. The molecule has 0 saturated heterocycles. The van der Waals surface area contributed by atoms with E-state index in [9.17, 15) is 35.9 Å². The van der Waals surface area contributed by atoms with Crippen molar-refractivity contribution in [3.63, 3.8) is 0 Å². The Balaban J connectivity index is 0.000000202. The van der Waals surface area contributed by atoms with Crippen LogP contribution in [0.15, 0.2) is 98.4 Å². The average Bonchev–Trinajstić information content (AvgIpc) is 3.87. The van der Waals surface area contributed by atoms with Crippen LogP contribution in [0.4, 0.5) is 26.3 Å². The maximum absolute atomic E-state index is 12.3. The van der Waals surface area contributed by atoms with Crippen LogP contribution in [0.2, 0.25) is 0 Å². The minimum absolute atomic E-state index is 0.109. The van der Waals surface area contributed by atoms with Gasteiger partial charge in [0, 0.05) is 30.9 Å². The third kappa shape index (κ3) is 13.0. The summed E-state index contributed by atoms with van der Waals surface area (Å²) in [5, 5.41) is 16.4. The predicted octanol–water partition coefficient (Wildman–Crippen LogP) is 6.40. The molecule has 0 saturated carbocycles. The molecular formula is C35H31F6N9O5. The lowest BCUT2D eigenvalue weighted by Crippen LogP contribution is -2.17. The first kappa shape index (κ1) is 41.1. The van der Waals surface area contributed by atoms with Crippen molar-refractivity contribution in [1.29, 1.82) is 0 Å². The van der Waals surface area contributed by atoms with Crippen molar-refractivity contribution >= 4 is 11.8 Å². The zero-order chi connectivity index (χ0) is 40.2. The number of halogens is 6. The number of pyridine rings is 2. The summed E-state index contributed by atoms with van der Waals surface area (Å²) < 4.78 is 82.7. The molecule has 0 aliphatic heterocycles. The molecule has 6 rings (SSSR count). The van der Waals surface area contributed by atoms with Gasteiger partial charge in [0.05, 0.1) is 5.56 Å². The van der Waals surface area contributed by atoms with Gasteiger partial charge in [0.1, 0.15) is 36.8 Å². The zero-order valence-corrected chi connectivity index (χ0v) is 28.9. The van der Waals surface area contributed by atoms with E-state index in [1.807, 2.05) is 0 Å². The van der Waals surface area contributed by atoms with Gasteiger partial charge < -0.3 is 20.3 Å². The number of ether oxygens (including phenoxy) is 2. The number of rotatable bonds is 10. The molecule has 0 spiro atoms. The van der Waals surface area contributed by atoms with E-state index in [0.717, 1.165) is 11.1 Å². The first-order valence-corrected chi connectivity index (χ1v) is 15.8. The number of carbonyl (C=O) groups excluding carboxylic acids is 1. The highest BCUT2D eigenvalue weighted by molar-refractivity contribution is 5.96. The molecule has 14 nitrogen and oxygen atoms in total. The summed E-state index contributed by atoms with van der Waals surface area (Å²) in [7, 11) is 0. The quantitative estimate of drug-likeness (QED) is 0.116. The van der Waals surface area contributed by atoms with Gasteiger partial charge >= 0.3 is 18.7 Å². The number of aryl methyl sites for hydroxylation is 3. The maximum Gasteiger partial charge on any atom is 0.573 e. The fraction of sp³-hybridized carbons (Fsp3) is 0.200. The molecule has 288 valence electrons. The van der Waals surface area contributed by atoms with E-state index in [-0.39, 0.29) is 29.3 Å². The third-order valence-electron chi connectivity index (χ3n) is 7.31. The molecule has 20 heteroatoms. The van der Waals surface area contributed by atoms with Gasteiger partial charge in [0.25, 0.3) is 0 Å². The van der Waals surface area contributed by atoms with Crippen LogP contribution < -0.4 is 15.2 Å². The zero-order valence-electron chi connectivity index (χ0n) is 28.9. The van der Waals surface area contributed by atoms with Gasteiger partial charge in [0.2, 0.25) is 0 Å². The number of carboxylic acids is 1. The highest BCUT2D eigenvalue weighted by atomic mass is 19.4. The Morgan fingerprint density at radius 3 is 1.55 bits per heavy atom. The van der Waals surface area contributed by atoms with Gasteiger partial charge in [-0.15, -0.1) is 26.3 Å². The van der Waals surface area contributed by atoms with Crippen LogP contribution in [0.5, 0.6) is 11.5 Å². The summed E-state index contributed by atoms with van der Waals surface area (Å²) in [6.07, 6.45) is -0.257. The fourth-order valence-electron chi connectivity index (χ4n) is 4.62. The average molecular weight is 772 g/mol. The van der Waals surface area contributed by atoms with Crippen molar-refractivity contribution in [2.24, 2.45) is 5.73 Å². The number of aromatic carboxylic acids is 1. The lowest BCUT2D eigenvalue weighted by molar-refractivity contribution is -0.275. The minimum Gasteiger partial charge on any atom is -0.478 e. The van der Waals surface area contributed by atoms with E-state index >= 15 is 0 Å². The Labute approximate surface area is 308 Å². The van der Waals surface area contributed by atoms with Crippen LogP contribution in [0.25, 0.3) is 11.6 Å². The molecule has 6 aromatic rings. The number of ketones is 1. The molecule has 0 aliphatic rings. The lowest BCUT2D eigenvalue weighted by atomic mass is 10.00. The van der Waals surface area contributed by atoms with Crippen molar-refractivity contribution in [2.75, 3.05) is 0 Å². The second kappa shape index (κ2) is 18.4. The van der Waals surface area contributed by atoms with Crippen LogP contribution in [-0.2, 0) is 13.0 Å². The summed E-state index contributed by atoms with van der Waals surface area (Å²) in [5.74, 6) is -0.520. The molecule has 0 unspecified atom stereocenters. The van der Waals surface area contributed by atoms with E-state index in [2.05, 4.69) is 39.6 Å². The second-order valence-corrected chi connectivity index (χ2v) is 11.2.